The molecule has 7 nitrogen and oxygen atoms in total. The molecule has 0 aliphatic rings. The first-order valence-electron chi connectivity index (χ1n) is 7.48. The molecule has 0 spiro atoms. The largest absolute Gasteiger partial charge is 0.494 e. The predicted molar refractivity (Wildman–Crippen MR) is 86.0 cm³/mol. The van der Waals surface area contributed by atoms with Crippen molar-refractivity contribution >= 4 is 5.91 Å². The Morgan fingerprint density at radius 1 is 1.28 bits per heavy atom. The number of ether oxygens (including phenoxy) is 1. The molecular weight excluding hydrogens is 327 g/mol. The Balaban J connectivity index is 1.56. The molecule has 0 saturated heterocycles. The summed E-state index contributed by atoms with van der Waals surface area (Å²) >= 11 is 0. The molecule has 128 valence electrons. The molecule has 1 aromatic carbocycles. The molecule has 3 aromatic rings. The van der Waals surface area contributed by atoms with E-state index in [0.717, 1.165) is 5.56 Å². The van der Waals surface area contributed by atoms with E-state index in [0.29, 0.717) is 11.4 Å². The normalized spacial score (nSPS) is 10.5. The zero-order chi connectivity index (χ0) is 17.6. The maximum Gasteiger partial charge on any atom is 0.246 e. The molecule has 8 heteroatoms. The van der Waals surface area contributed by atoms with Gasteiger partial charge in [0.25, 0.3) is 0 Å². The fourth-order valence-electron chi connectivity index (χ4n) is 2.19. The van der Waals surface area contributed by atoms with Crippen LogP contribution in [0.3, 0.4) is 0 Å². The maximum atomic E-state index is 13.6. The zero-order valence-electron chi connectivity index (χ0n) is 13.4. The highest BCUT2D eigenvalue weighted by atomic mass is 19.1. The summed E-state index contributed by atoms with van der Waals surface area (Å²) in [5.41, 5.74) is 1.31. The van der Waals surface area contributed by atoms with E-state index in [4.69, 9.17) is 9.26 Å². The van der Waals surface area contributed by atoms with Crippen molar-refractivity contribution in [1.82, 2.24) is 20.4 Å². The van der Waals surface area contributed by atoms with Gasteiger partial charge >= 0.3 is 0 Å². The number of amides is 1. The van der Waals surface area contributed by atoms with Gasteiger partial charge in [0, 0.05) is 18.0 Å². The van der Waals surface area contributed by atoms with Crippen LogP contribution in [-0.2, 0) is 17.8 Å². The quantitative estimate of drug-likeness (QED) is 0.738. The van der Waals surface area contributed by atoms with Crippen LogP contribution in [0.1, 0.15) is 11.5 Å². The number of methoxy groups -OCH3 is 1. The number of nitrogens with one attached hydrogen (secondary N) is 1. The molecule has 1 N–H and O–H groups in total. The van der Waals surface area contributed by atoms with Crippen molar-refractivity contribution in [2.75, 3.05) is 7.11 Å². The van der Waals surface area contributed by atoms with Crippen LogP contribution in [0.25, 0.3) is 11.4 Å². The third-order valence-corrected chi connectivity index (χ3v) is 3.42. The Hall–Kier alpha value is -3.29. The lowest BCUT2D eigenvalue weighted by atomic mass is 10.1. The number of halogens is 1. The lowest BCUT2D eigenvalue weighted by molar-refractivity contribution is -0.120. The fraction of sp³-hybridized carbons (Fsp3) is 0.176. The Labute approximate surface area is 142 Å². The van der Waals surface area contributed by atoms with Crippen LogP contribution in [0.2, 0.25) is 0 Å². The SMILES string of the molecule is COc1ccc(CC(=O)NCc2nc(-c3ccncc3)no2)cc1F. The molecule has 0 fully saturated rings. The van der Waals surface area contributed by atoms with Crippen LogP contribution in [-0.4, -0.2) is 28.1 Å². The van der Waals surface area contributed by atoms with Crippen molar-refractivity contribution in [2.45, 2.75) is 13.0 Å². The molecular formula is C17H15FN4O3. The van der Waals surface area contributed by atoms with Crippen LogP contribution >= 0.6 is 0 Å². The van der Waals surface area contributed by atoms with Crippen molar-refractivity contribution in [3.63, 3.8) is 0 Å². The molecule has 0 bridgehead atoms. The molecule has 3 rings (SSSR count). The monoisotopic (exact) mass is 342 g/mol. The third-order valence-electron chi connectivity index (χ3n) is 3.42. The Bertz CT molecular complexity index is 867. The topological polar surface area (TPSA) is 90.1 Å². The van der Waals surface area contributed by atoms with Gasteiger partial charge in [-0.3, -0.25) is 9.78 Å². The van der Waals surface area contributed by atoms with Crippen LogP contribution in [0.5, 0.6) is 5.75 Å². The molecule has 0 aliphatic carbocycles. The first-order chi connectivity index (χ1) is 12.2. The molecule has 1 amide bonds. The maximum absolute atomic E-state index is 13.6. The van der Waals surface area contributed by atoms with Crippen molar-refractivity contribution in [1.29, 1.82) is 0 Å². The number of carbonyl (C=O) groups excluding carboxylic acids is 1. The first-order valence-corrected chi connectivity index (χ1v) is 7.48. The number of rotatable bonds is 6. The van der Waals surface area contributed by atoms with Gasteiger partial charge in [0.1, 0.15) is 0 Å². The first kappa shape index (κ1) is 16.6. The second kappa shape index (κ2) is 7.52. The number of nitrogens with zero attached hydrogens (tertiary/aromatic N) is 3. The van der Waals surface area contributed by atoms with Gasteiger partial charge in [-0.05, 0) is 29.8 Å². The van der Waals surface area contributed by atoms with Crippen molar-refractivity contribution in [3.8, 4) is 17.1 Å². The van der Waals surface area contributed by atoms with E-state index in [-0.39, 0.29) is 30.5 Å². The minimum atomic E-state index is -0.508. The molecule has 0 aliphatic heterocycles. The van der Waals surface area contributed by atoms with Crippen molar-refractivity contribution < 1.29 is 18.4 Å². The Morgan fingerprint density at radius 2 is 2.08 bits per heavy atom. The summed E-state index contributed by atoms with van der Waals surface area (Å²) in [5.74, 6) is 0.0449. The number of benzene rings is 1. The predicted octanol–water partition coefficient (Wildman–Crippen LogP) is 2.14. The lowest BCUT2D eigenvalue weighted by Gasteiger charge is -2.05. The van der Waals surface area contributed by atoms with E-state index >= 15 is 0 Å². The molecule has 0 radical (unpaired) electrons. The van der Waals surface area contributed by atoms with Gasteiger partial charge in [0.05, 0.1) is 20.1 Å². The number of carbonyl (C=O) groups is 1. The van der Waals surface area contributed by atoms with Gasteiger partial charge in [0.15, 0.2) is 11.6 Å². The van der Waals surface area contributed by atoms with Gasteiger partial charge in [-0.15, -0.1) is 0 Å². The van der Waals surface area contributed by atoms with E-state index in [9.17, 15) is 9.18 Å². The minimum Gasteiger partial charge on any atom is -0.494 e. The molecule has 2 aromatic heterocycles. The summed E-state index contributed by atoms with van der Waals surface area (Å²) in [7, 11) is 1.38. The van der Waals surface area contributed by atoms with E-state index in [1.54, 1.807) is 30.6 Å². The Morgan fingerprint density at radius 3 is 2.80 bits per heavy atom. The van der Waals surface area contributed by atoms with E-state index < -0.39 is 5.82 Å². The summed E-state index contributed by atoms with van der Waals surface area (Å²) in [6.45, 7) is 0.0928. The number of aromatic nitrogens is 3. The highest BCUT2D eigenvalue weighted by Gasteiger charge is 2.11. The fourth-order valence-corrected chi connectivity index (χ4v) is 2.19. The van der Waals surface area contributed by atoms with Crippen LogP contribution in [0, 0.1) is 5.82 Å². The number of pyridine rings is 1. The molecule has 25 heavy (non-hydrogen) atoms. The molecule has 0 atom stereocenters. The second-order valence-corrected chi connectivity index (χ2v) is 5.17. The van der Waals surface area contributed by atoms with E-state index in [1.165, 1.54) is 19.2 Å². The Kier molecular flexibility index (Phi) is 4.98. The van der Waals surface area contributed by atoms with Crippen molar-refractivity contribution in [2.24, 2.45) is 0 Å². The molecule has 2 heterocycles. The standard InChI is InChI=1S/C17H15FN4O3/c1-24-14-3-2-11(8-13(14)18)9-15(23)20-10-16-21-17(22-25-16)12-4-6-19-7-5-12/h2-8H,9-10H2,1H3,(H,20,23). The van der Waals surface area contributed by atoms with Gasteiger partial charge < -0.3 is 14.6 Å². The third kappa shape index (κ3) is 4.17. The summed E-state index contributed by atoms with van der Waals surface area (Å²) in [4.78, 5) is 20.1. The van der Waals surface area contributed by atoms with Crippen LogP contribution < -0.4 is 10.1 Å². The summed E-state index contributed by atoms with van der Waals surface area (Å²) in [6, 6.07) is 7.90. The minimum absolute atomic E-state index is 0.0340. The average molecular weight is 342 g/mol. The van der Waals surface area contributed by atoms with Gasteiger partial charge in [-0.2, -0.15) is 4.98 Å². The number of hydrogen-bond acceptors (Lipinski definition) is 6. The summed E-state index contributed by atoms with van der Waals surface area (Å²) in [5, 5.41) is 6.51. The van der Waals surface area contributed by atoms with E-state index in [2.05, 4.69) is 20.4 Å². The highest BCUT2D eigenvalue weighted by molar-refractivity contribution is 5.78. The van der Waals surface area contributed by atoms with Crippen LogP contribution in [0.15, 0.2) is 47.2 Å². The lowest BCUT2D eigenvalue weighted by Crippen LogP contribution is -2.24. The molecule has 0 saturated carbocycles. The van der Waals surface area contributed by atoms with Gasteiger partial charge in [0.2, 0.25) is 17.6 Å². The van der Waals surface area contributed by atoms with Gasteiger partial charge in [-0.1, -0.05) is 11.2 Å². The van der Waals surface area contributed by atoms with Crippen molar-refractivity contribution in [3.05, 3.63) is 60.0 Å². The number of hydrogen-bond donors (Lipinski definition) is 1. The second-order valence-electron chi connectivity index (χ2n) is 5.17. The van der Waals surface area contributed by atoms with Gasteiger partial charge in [-0.25, -0.2) is 4.39 Å². The summed E-state index contributed by atoms with van der Waals surface area (Å²) in [6.07, 6.45) is 3.29. The van der Waals surface area contributed by atoms with E-state index in [1.807, 2.05) is 0 Å². The zero-order valence-corrected chi connectivity index (χ0v) is 13.4. The summed E-state index contributed by atoms with van der Waals surface area (Å²) < 4.78 is 23.6. The molecule has 0 unspecified atom stereocenters. The highest BCUT2D eigenvalue weighted by Crippen LogP contribution is 2.18. The average Bonchev–Trinajstić information content (AvgIpc) is 3.10. The smallest absolute Gasteiger partial charge is 0.246 e. The van der Waals surface area contributed by atoms with Crippen LogP contribution in [0.4, 0.5) is 4.39 Å².